The molecule has 3 aromatic carbocycles. The van der Waals surface area contributed by atoms with Crippen LogP contribution in [0.25, 0.3) is 0 Å². The van der Waals surface area contributed by atoms with E-state index >= 15 is 0 Å². The average Bonchev–Trinajstić information content (AvgIpc) is 2.95. The van der Waals surface area contributed by atoms with Crippen molar-refractivity contribution in [2.45, 2.75) is 30.7 Å². The highest BCUT2D eigenvalue weighted by molar-refractivity contribution is 8.00. The van der Waals surface area contributed by atoms with Gasteiger partial charge in [0.2, 0.25) is 0 Å². The quantitative estimate of drug-likeness (QED) is 0.195. The van der Waals surface area contributed by atoms with Crippen LogP contribution < -0.4 is 16.2 Å². The van der Waals surface area contributed by atoms with E-state index in [-0.39, 0.29) is 18.4 Å². The first-order chi connectivity index (χ1) is 17.4. The minimum atomic E-state index is -1.00. The fourth-order valence-corrected chi connectivity index (χ4v) is 4.92. The second kappa shape index (κ2) is 17.1. The van der Waals surface area contributed by atoms with Gasteiger partial charge in [-0.15, -0.1) is 11.8 Å². The molecule has 36 heavy (non-hydrogen) atoms. The predicted molar refractivity (Wildman–Crippen MR) is 154 cm³/mol. The molecule has 0 heterocycles. The number of nitrogens with two attached hydrogens (primary N) is 2. The van der Waals surface area contributed by atoms with E-state index in [1.54, 1.807) is 18.9 Å². The van der Waals surface area contributed by atoms with Gasteiger partial charge in [-0.2, -0.15) is 12.6 Å². The molecule has 2 atom stereocenters. The van der Waals surface area contributed by atoms with Gasteiger partial charge in [0.15, 0.2) is 0 Å². The third kappa shape index (κ3) is 8.87. The Morgan fingerprint density at radius 2 is 1.36 bits per heavy atom. The molecule has 0 aliphatic heterocycles. The van der Waals surface area contributed by atoms with Crippen LogP contribution in [-0.4, -0.2) is 53.5 Å². The minimum absolute atomic E-state index is 0.0325. The lowest BCUT2D eigenvalue weighted by molar-refractivity contribution is -0.137. The van der Waals surface area contributed by atoms with E-state index in [1.807, 2.05) is 38.1 Å². The van der Waals surface area contributed by atoms with Crippen LogP contribution in [0.15, 0.2) is 84.9 Å². The molecule has 0 amide bonds. The van der Waals surface area contributed by atoms with Gasteiger partial charge in [0, 0.05) is 17.5 Å². The van der Waals surface area contributed by atoms with Crippen LogP contribution in [0.2, 0.25) is 0 Å². The monoisotopic (exact) mass is 530 g/mol. The van der Waals surface area contributed by atoms with Gasteiger partial charge in [-0.1, -0.05) is 86.6 Å². The van der Waals surface area contributed by atoms with Gasteiger partial charge in [0.1, 0.15) is 11.8 Å². The summed E-state index contributed by atoms with van der Waals surface area (Å²) in [5, 5.41) is 17.5. The van der Waals surface area contributed by atoms with Gasteiger partial charge in [0.25, 0.3) is 0 Å². The van der Waals surface area contributed by atoms with Crippen molar-refractivity contribution in [3.63, 3.8) is 0 Å². The Bertz CT molecular complexity index is 950. The van der Waals surface area contributed by atoms with Gasteiger partial charge in [-0.25, -0.2) is 0 Å². The normalized spacial score (nSPS) is 12.2. The van der Waals surface area contributed by atoms with Crippen molar-refractivity contribution >= 4 is 30.4 Å². The maximum absolute atomic E-state index is 9.76. The average molecular weight is 531 g/mol. The largest absolute Gasteiger partial charge is 0.497 e. The molecule has 0 radical (unpaired) electrons. The first-order valence-electron chi connectivity index (χ1n) is 11.7. The molecular formula is C28H38N2O4S2. The fraction of sp³-hybridized carbons (Fsp3) is 0.321. The van der Waals surface area contributed by atoms with Crippen LogP contribution in [0.4, 0.5) is 0 Å². The molecule has 0 spiro atoms. The molecule has 0 aliphatic rings. The van der Waals surface area contributed by atoms with E-state index < -0.39 is 16.8 Å². The van der Waals surface area contributed by atoms with Crippen molar-refractivity contribution < 1.29 is 19.7 Å². The molecule has 3 aromatic rings. The minimum Gasteiger partial charge on any atom is -0.497 e. The Kier molecular flexibility index (Phi) is 14.9. The van der Waals surface area contributed by atoms with E-state index in [0.717, 1.165) is 11.3 Å². The van der Waals surface area contributed by atoms with Crippen molar-refractivity contribution in [1.82, 2.24) is 0 Å². The molecular weight excluding hydrogens is 492 g/mol. The number of aliphatic carboxylic acids is 1. The van der Waals surface area contributed by atoms with Crippen LogP contribution in [0.5, 0.6) is 5.75 Å². The van der Waals surface area contributed by atoms with E-state index in [9.17, 15) is 9.90 Å². The Balaban J connectivity index is 0.000000623. The first-order valence-corrected chi connectivity index (χ1v) is 13.4. The van der Waals surface area contributed by atoms with Crippen LogP contribution in [-0.2, 0) is 9.54 Å². The number of thioether (sulfide) groups is 1. The fourth-order valence-electron chi connectivity index (χ4n) is 3.28. The number of aliphatic hydroxyl groups excluding tert-OH is 1. The summed E-state index contributed by atoms with van der Waals surface area (Å²) in [4.78, 5) is 9.76. The zero-order chi connectivity index (χ0) is 27.0. The molecule has 8 heteroatoms. The van der Waals surface area contributed by atoms with Crippen molar-refractivity contribution in [2.75, 3.05) is 25.2 Å². The van der Waals surface area contributed by atoms with Gasteiger partial charge in [-0.3, -0.25) is 4.79 Å². The highest BCUT2D eigenvalue weighted by Crippen LogP contribution is 2.48. The SMILES string of the molecule is CC.COc1ccc(C(SC[C@H](N)CO)(c2ccccc2)c2ccccc2)cc1.N[C@@H](CS)C(=O)O. The van der Waals surface area contributed by atoms with Gasteiger partial charge >= 0.3 is 5.97 Å². The Morgan fingerprint density at radius 1 is 0.917 bits per heavy atom. The summed E-state index contributed by atoms with van der Waals surface area (Å²) in [7, 11) is 1.67. The molecule has 6 nitrogen and oxygen atoms in total. The second-order valence-corrected chi connectivity index (χ2v) is 9.12. The molecule has 6 N–H and O–H groups in total. The van der Waals surface area contributed by atoms with Gasteiger partial charge in [-0.05, 0) is 28.8 Å². The number of aliphatic hydroxyl groups is 1. The summed E-state index contributed by atoms with van der Waals surface area (Å²) in [6.07, 6.45) is 0. The maximum Gasteiger partial charge on any atom is 0.321 e. The van der Waals surface area contributed by atoms with Crippen molar-refractivity contribution in [3.8, 4) is 5.75 Å². The Morgan fingerprint density at radius 3 is 1.69 bits per heavy atom. The number of thiol groups is 1. The van der Waals surface area contributed by atoms with Gasteiger partial charge < -0.3 is 26.4 Å². The molecule has 0 aromatic heterocycles. The van der Waals surface area contributed by atoms with Crippen molar-refractivity contribution in [1.29, 1.82) is 0 Å². The third-order valence-electron chi connectivity index (χ3n) is 5.12. The lowest BCUT2D eigenvalue weighted by atomic mass is 9.84. The number of methoxy groups -OCH3 is 1. The number of ether oxygens (including phenoxy) is 1. The lowest BCUT2D eigenvalue weighted by Crippen LogP contribution is -2.32. The number of carbonyl (C=O) groups is 1. The number of benzene rings is 3. The molecule has 196 valence electrons. The summed E-state index contributed by atoms with van der Waals surface area (Å²) in [5.41, 5.74) is 14.5. The first kappa shape index (κ1) is 31.5. The third-order valence-corrected chi connectivity index (χ3v) is 7.25. The molecule has 0 aliphatic carbocycles. The standard InChI is InChI=1S/C23H25NO2S.C3H7NO2S.C2H6/c1-26-22-14-12-20(13-15-22)23(27-17-21(24)16-25,18-8-4-2-5-9-18)19-10-6-3-7-11-19;4-2(1-7)3(5)6;1-2/h2-15,21,25H,16-17,24H2,1H3;2,7H,1,4H2,(H,5,6);1-2H3/t21-;2-;/m10./s1. The lowest BCUT2D eigenvalue weighted by Gasteiger charge is -2.36. The van der Waals surface area contributed by atoms with E-state index in [0.29, 0.717) is 5.75 Å². The van der Waals surface area contributed by atoms with E-state index in [1.165, 1.54) is 11.1 Å². The molecule has 0 saturated carbocycles. The molecule has 0 fully saturated rings. The Labute approximate surface area is 224 Å². The number of hydrogen-bond acceptors (Lipinski definition) is 7. The number of carboxylic acids is 1. The number of hydrogen-bond donors (Lipinski definition) is 5. The van der Waals surface area contributed by atoms with Crippen LogP contribution in [0, 0.1) is 0 Å². The van der Waals surface area contributed by atoms with E-state index in [4.69, 9.17) is 21.3 Å². The highest BCUT2D eigenvalue weighted by atomic mass is 32.2. The summed E-state index contributed by atoms with van der Waals surface area (Å²) >= 11 is 5.40. The summed E-state index contributed by atoms with van der Waals surface area (Å²) in [6.45, 7) is 3.97. The molecule has 0 unspecified atom stereocenters. The zero-order valence-corrected chi connectivity index (χ0v) is 22.8. The summed E-state index contributed by atoms with van der Waals surface area (Å²) in [6, 6.07) is 28.0. The zero-order valence-electron chi connectivity index (χ0n) is 21.1. The van der Waals surface area contributed by atoms with Crippen molar-refractivity contribution in [2.24, 2.45) is 11.5 Å². The van der Waals surface area contributed by atoms with Crippen LogP contribution in [0.1, 0.15) is 30.5 Å². The molecule has 3 rings (SSSR count). The predicted octanol–water partition coefficient (Wildman–Crippen LogP) is 4.39. The van der Waals surface area contributed by atoms with Gasteiger partial charge in [0.05, 0.1) is 18.5 Å². The van der Waals surface area contributed by atoms with Crippen molar-refractivity contribution in [3.05, 3.63) is 102 Å². The van der Waals surface area contributed by atoms with Crippen LogP contribution >= 0.6 is 24.4 Å². The topological polar surface area (TPSA) is 119 Å². The maximum atomic E-state index is 9.76. The highest BCUT2D eigenvalue weighted by Gasteiger charge is 2.37. The summed E-state index contributed by atoms with van der Waals surface area (Å²) in [5.74, 6) is 0.641. The Hall–Kier alpha value is -2.49. The smallest absolute Gasteiger partial charge is 0.321 e. The molecule has 0 bridgehead atoms. The number of rotatable bonds is 10. The summed E-state index contributed by atoms with van der Waals surface area (Å²) < 4.78 is 4.92. The molecule has 0 saturated heterocycles. The second-order valence-electron chi connectivity index (χ2n) is 7.52. The number of carboxylic acid groups (broad SMARTS) is 1. The van der Waals surface area contributed by atoms with Crippen LogP contribution in [0.3, 0.4) is 0 Å². The van der Waals surface area contributed by atoms with E-state index in [2.05, 4.69) is 73.3 Å².